The fraction of sp³-hybridized carbons (Fsp3) is 0.435. The van der Waals surface area contributed by atoms with E-state index in [0.717, 1.165) is 24.1 Å². The second-order valence-electron chi connectivity index (χ2n) is 8.30. The molecule has 2 N–H and O–H groups in total. The first-order chi connectivity index (χ1) is 13.7. The molecule has 0 radical (unpaired) electrons. The summed E-state index contributed by atoms with van der Waals surface area (Å²) in [7, 11) is 0. The number of hydrogen-bond acceptors (Lipinski definition) is 4. The fourth-order valence-electron chi connectivity index (χ4n) is 5.25. The maximum Gasteiger partial charge on any atom is 0.272 e. The molecule has 2 aliphatic heterocycles. The number of amides is 1. The molecule has 2 aromatic carbocycles. The molecule has 3 atom stereocenters. The number of nitrogens with one attached hydrogen (secondary N) is 1. The number of aliphatic hydroxyl groups is 1. The maximum atomic E-state index is 13.3. The third-order valence-electron chi connectivity index (χ3n) is 6.66. The molecule has 3 fully saturated rings. The Morgan fingerprint density at radius 1 is 0.929 bits per heavy atom. The molecule has 2 aromatic rings. The Morgan fingerprint density at radius 2 is 1.57 bits per heavy atom. The predicted molar refractivity (Wildman–Crippen MR) is 108 cm³/mol. The molecule has 5 nitrogen and oxygen atoms in total. The van der Waals surface area contributed by atoms with Crippen LogP contribution in [0, 0.1) is 5.92 Å². The Bertz CT molecular complexity index is 837. The number of para-hydroxylation sites is 1. The van der Waals surface area contributed by atoms with Crippen molar-refractivity contribution in [1.29, 1.82) is 0 Å². The molecule has 2 saturated heterocycles. The molecule has 1 amide bonds. The number of hydrogen-bond donors (Lipinski definition) is 2. The highest BCUT2D eigenvalue weighted by atomic mass is 16.3. The van der Waals surface area contributed by atoms with Gasteiger partial charge in [-0.1, -0.05) is 67.8 Å². The number of anilines is 1. The van der Waals surface area contributed by atoms with Crippen LogP contribution in [0.4, 0.5) is 5.69 Å². The summed E-state index contributed by atoms with van der Waals surface area (Å²) in [4.78, 5) is 15.3. The van der Waals surface area contributed by atoms with Crippen LogP contribution in [0.2, 0.25) is 0 Å². The molecule has 1 saturated carbocycles. The summed E-state index contributed by atoms with van der Waals surface area (Å²) in [5.41, 5.74) is 3.73. The zero-order valence-corrected chi connectivity index (χ0v) is 16.0. The normalized spacial score (nSPS) is 30.7. The van der Waals surface area contributed by atoms with E-state index in [1.165, 1.54) is 19.3 Å². The number of benzene rings is 2. The minimum absolute atomic E-state index is 0.105. The van der Waals surface area contributed by atoms with Crippen LogP contribution in [0.3, 0.4) is 0 Å². The third kappa shape index (κ3) is 2.73. The van der Waals surface area contributed by atoms with Crippen LogP contribution in [-0.4, -0.2) is 34.2 Å². The lowest BCUT2D eigenvalue weighted by atomic mass is 9.88. The molecule has 1 aliphatic carbocycles. The number of carbonyl (C=O) groups excluding carboxylic acids is 1. The predicted octanol–water partition coefficient (Wildman–Crippen LogP) is 3.23. The van der Waals surface area contributed by atoms with Gasteiger partial charge in [0.25, 0.3) is 5.91 Å². The number of nitrogens with zero attached hydrogens (tertiary/aromatic N) is 2. The van der Waals surface area contributed by atoms with Gasteiger partial charge in [-0.25, -0.2) is 0 Å². The van der Waals surface area contributed by atoms with E-state index in [0.29, 0.717) is 6.54 Å². The van der Waals surface area contributed by atoms with Crippen molar-refractivity contribution in [2.75, 3.05) is 11.6 Å². The van der Waals surface area contributed by atoms with Crippen LogP contribution in [0.25, 0.3) is 0 Å². The molecular formula is C23H27N3O2. The van der Waals surface area contributed by atoms with E-state index in [1.807, 2.05) is 58.4 Å². The second kappa shape index (κ2) is 6.90. The van der Waals surface area contributed by atoms with E-state index in [2.05, 4.69) is 17.6 Å². The van der Waals surface area contributed by atoms with Crippen molar-refractivity contribution in [2.24, 2.45) is 5.92 Å². The van der Waals surface area contributed by atoms with Crippen molar-refractivity contribution in [3.05, 3.63) is 66.2 Å². The Labute approximate surface area is 165 Å². The van der Waals surface area contributed by atoms with Crippen LogP contribution >= 0.6 is 0 Å². The van der Waals surface area contributed by atoms with E-state index < -0.39 is 5.72 Å². The Morgan fingerprint density at radius 3 is 2.25 bits per heavy atom. The molecule has 146 valence electrons. The van der Waals surface area contributed by atoms with Gasteiger partial charge in [0, 0.05) is 12.6 Å². The highest BCUT2D eigenvalue weighted by Crippen LogP contribution is 2.48. The first-order valence-corrected chi connectivity index (χ1v) is 10.4. The van der Waals surface area contributed by atoms with Crippen molar-refractivity contribution < 1.29 is 9.90 Å². The lowest BCUT2D eigenvalue weighted by Gasteiger charge is -2.35. The average Bonchev–Trinajstić information content (AvgIpc) is 3.19. The zero-order valence-electron chi connectivity index (χ0n) is 16.0. The standard InChI is InChI=1S/C23H27N3O2/c27-22-23(28)20(16-25(22)18-12-6-2-7-13-18)21(17-10-4-1-5-11-17)26(24-23)19-14-8-3-9-15-19/h1,3-5,8-11,14-15,18,20-21,24,28H,2,6-7,12-13,16H2/t20-,21+,23-/m1/s1. The van der Waals surface area contributed by atoms with Gasteiger partial charge in [0.15, 0.2) is 0 Å². The monoisotopic (exact) mass is 377 g/mol. The van der Waals surface area contributed by atoms with Gasteiger partial charge in [-0.05, 0) is 30.5 Å². The van der Waals surface area contributed by atoms with Crippen molar-refractivity contribution in [3.63, 3.8) is 0 Å². The molecule has 5 heteroatoms. The molecule has 5 rings (SSSR count). The zero-order chi connectivity index (χ0) is 19.1. The van der Waals surface area contributed by atoms with Gasteiger partial charge in [0.05, 0.1) is 17.6 Å². The minimum atomic E-state index is -1.55. The molecule has 0 aromatic heterocycles. The molecule has 2 heterocycles. The summed E-state index contributed by atoms with van der Waals surface area (Å²) < 4.78 is 0. The highest BCUT2D eigenvalue weighted by molar-refractivity contribution is 5.89. The molecule has 0 spiro atoms. The Balaban J connectivity index is 1.53. The quantitative estimate of drug-likeness (QED) is 0.862. The van der Waals surface area contributed by atoms with Gasteiger partial charge in [-0.2, -0.15) is 5.43 Å². The molecule has 0 bridgehead atoms. The van der Waals surface area contributed by atoms with E-state index in [1.54, 1.807) is 0 Å². The van der Waals surface area contributed by atoms with Crippen molar-refractivity contribution in [1.82, 2.24) is 10.3 Å². The minimum Gasteiger partial charge on any atom is -0.366 e. The number of carbonyl (C=O) groups is 1. The molecule has 28 heavy (non-hydrogen) atoms. The van der Waals surface area contributed by atoms with Gasteiger partial charge in [0.1, 0.15) is 0 Å². The number of hydrazine groups is 1. The fourth-order valence-corrected chi connectivity index (χ4v) is 5.25. The van der Waals surface area contributed by atoms with Crippen LogP contribution in [0.5, 0.6) is 0 Å². The highest BCUT2D eigenvalue weighted by Gasteiger charge is 2.63. The Hall–Kier alpha value is -2.37. The lowest BCUT2D eigenvalue weighted by Crippen LogP contribution is -2.55. The second-order valence-corrected chi connectivity index (χ2v) is 8.30. The average molecular weight is 377 g/mol. The number of likely N-dealkylation sites (tertiary alicyclic amines) is 1. The van der Waals surface area contributed by atoms with Crippen LogP contribution in [0.15, 0.2) is 60.7 Å². The van der Waals surface area contributed by atoms with E-state index in [4.69, 9.17) is 0 Å². The number of fused-ring (bicyclic) bond motifs is 1. The van der Waals surface area contributed by atoms with Gasteiger partial charge in [-0.15, -0.1) is 0 Å². The summed E-state index contributed by atoms with van der Waals surface area (Å²) in [6, 6.07) is 20.3. The van der Waals surface area contributed by atoms with Crippen molar-refractivity contribution >= 4 is 11.6 Å². The van der Waals surface area contributed by atoms with Crippen molar-refractivity contribution in [3.8, 4) is 0 Å². The first kappa shape index (κ1) is 17.7. The van der Waals surface area contributed by atoms with E-state index in [-0.39, 0.29) is 23.9 Å². The van der Waals surface area contributed by atoms with Crippen LogP contribution in [0.1, 0.15) is 43.7 Å². The van der Waals surface area contributed by atoms with E-state index >= 15 is 0 Å². The summed E-state index contributed by atoms with van der Waals surface area (Å²) >= 11 is 0. The number of rotatable bonds is 3. The molecule has 3 aliphatic rings. The van der Waals surface area contributed by atoms with E-state index in [9.17, 15) is 9.90 Å². The third-order valence-corrected chi connectivity index (χ3v) is 6.66. The van der Waals surface area contributed by atoms with Gasteiger partial charge in [0.2, 0.25) is 5.72 Å². The molecular weight excluding hydrogens is 350 g/mol. The van der Waals surface area contributed by atoms with Crippen LogP contribution in [-0.2, 0) is 4.79 Å². The summed E-state index contributed by atoms with van der Waals surface area (Å²) in [5.74, 6) is -0.381. The lowest BCUT2D eigenvalue weighted by molar-refractivity contribution is -0.148. The van der Waals surface area contributed by atoms with Gasteiger partial charge >= 0.3 is 0 Å². The largest absolute Gasteiger partial charge is 0.366 e. The SMILES string of the molecule is O=C1N(C2CCCCC2)C[C@@H]2[C@H](c3ccccc3)N(c3ccccc3)N[C@]12O. The maximum absolute atomic E-state index is 13.3. The van der Waals surface area contributed by atoms with Crippen LogP contribution < -0.4 is 10.4 Å². The van der Waals surface area contributed by atoms with Gasteiger partial charge in [-0.3, -0.25) is 9.80 Å². The first-order valence-electron chi connectivity index (χ1n) is 10.4. The Kier molecular flexibility index (Phi) is 4.37. The van der Waals surface area contributed by atoms with Crippen molar-refractivity contribution in [2.45, 2.75) is 49.9 Å². The topological polar surface area (TPSA) is 55.8 Å². The molecule has 0 unspecified atom stereocenters. The summed E-state index contributed by atoms with van der Waals surface area (Å²) in [6.07, 6.45) is 5.69. The smallest absolute Gasteiger partial charge is 0.272 e. The summed E-state index contributed by atoms with van der Waals surface area (Å²) in [6.45, 7) is 0.593. The summed E-state index contributed by atoms with van der Waals surface area (Å²) in [5, 5.41) is 13.5. The van der Waals surface area contributed by atoms with Gasteiger partial charge < -0.3 is 10.0 Å².